The summed E-state index contributed by atoms with van der Waals surface area (Å²) < 4.78 is 9.25. The molecule has 0 saturated carbocycles. The van der Waals surface area contributed by atoms with E-state index >= 15 is 0 Å². The summed E-state index contributed by atoms with van der Waals surface area (Å²) in [5.74, 6) is 0.399. The lowest BCUT2D eigenvalue weighted by atomic mass is 9.89. The molecule has 4 heteroatoms. The highest BCUT2D eigenvalue weighted by atomic mass is 32.2. The summed E-state index contributed by atoms with van der Waals surface area (Å²) in [6.45, 7) is 0. The van der Waals surface area contributed by atoms with Gasteiger partial charge < -0.3 is 13.9 Å². The van der Waals surface area contributed by atoms with E-state index in [9.17, 15) is 0 Å². The Labute approximate surface area is 373 Å². The van der Waals surface area contributed by atoms with Crippen LogP contribution >= 0.6 is 11.8 Å². The number of allylic oxidation sites excluding steroid dienone is 3. The lowest BCUT2D eigenvalue weighted by molar-refractivity contribution is 0.669. The molecule has 1 aliphatic heterocycles. The molecule has 64 heavy (non-hydrogen) atoms. The zero-order valence-corrected chi connectivity index (χ0v) is 35.5. The third-order valence-corrected chi connectivity index (χ3v) is 15.0. The van der Waals surface area contributed by atoms with Crippen molar-refractivity contribution in [3.05, 3.63) is 224 Å². The first kappa shape index (κ1) is 35.8. The third kappa shape index (κ3) is 5.24. The molecular weight excluding hydrogens is 797 g/mol. The molecule has 2 aromatic heterocycles. The van der Waals surface area contributed by atoms with Crippen LogP contribution in [0.25, 0.3) is 92.9 Å². The fourth-order valence-electron chi connectivity index (χ4n) is 10.9. The molecule has 0 spiro atoms. The molecular formula is C60H38N2OS. The molecule has 0 radical (unpaired) electrons. The molecule has 300 valence electrons. The lowest BCUT2D eigenvalue weighted by Gasteiger charge is -2.26. The minimum atomic E-state index is 0.399. The highest BCUT2D eigenvalue weighted by molar-refractivity contribution is 8.00. The first-order valence-corrected chi connectivity index (χ1v) is 23.0. The quantitative estimate of drug-likeness (QED) is 0.161. The largest absolute Gasteiger partial charge is 0.456 e. The van der Waals surface area contributed by atoms with Crippen molar-refractivity contribution in [3.63, 3.8) is 0 Å². The summed E-state index contributed by atoms with van der Waals surface area (Å²) in [4.78, 5) is 3.77. The molecule has 12 aromatic rings. The van der Waals surface area contributed by atoms with Crippen molar-refractivity contribution < 1.29 is 4.42 Å². The van der Waals surface area contributed by atoms with Gasteiger partial charge in [-0.25, -0.2) is 0 Å². The Bertz CT molecular complexity index is 3920. The summed E-state index contributed by atoms with van der Waals surface area (Å²) >= 11 is 1.98. The van der Waals surface area contributed by atoms with Gasteiger partial charge in [0.1, 0.15) is 11.2 Å². The molecule has 2 unspecified atom stereocenters. The molecule has 3 heterocycles. The van der Waals surface area contributed by atoms with Gasteiger partial charge in [-0.15, -0.1) is 11.8 Å². The fourth-order valence-corrected chi connectivity index (χ4v) is 12.3. The monoisotopic (exact) mass is 834 g/mol. The topological polar surface area (TPSA) is 21.3 Å². The predicted molar refractivity (Wildman–Crippen MR) is 271 cm³/mol. The van der Waals surface area contributed by atoms with Crippen LogP contribution in [0.15, 0.2) is 228 Å². The number of fused-ring (bicyclic) bond motifs is 15. The van der Waals surface area contributed by atoms with Crippen LogP contribution in [0.2, 0.25) is 0 Å². The van der Waals surface area contributed by atoms with E-state index in [0.717, 1.165) is 55.7 Å². The van der Waals surface area contributed by atoms with Crippen LogP contribution in [0.1, 0.15) is 11.5 Å². The van der Waals surface area contributed by atoms with E-state index in [4.69, 9.17) is 4.42 Å². The smallest absolute Gasteiger partial charge is 0.138 e. The summed E-state index contributed by atoms with van der Waals surface area (Å²) in [7, 11) is 0. The van der Waals surface area contributed by atoms with Crippen molar-refractivity contribution in [2.24, 2.45) is 0 Å². The van der Waals surface area contributed by atoms with Gasteiger partial charge in [0, 0.05) is 72.0 Å². The van der Waals surface area contributed by atoms with Gasteiger partial charge in [0.05, 0.1) is 11.0 Å². The molecule has 0 N–H and O–H groups in total. The lowest BCUT2D eigenvalue weighted by Crippen LogP contribution is -2.10. The van der Waals surface area contributed by atoms with E-state index in [1.165, 1.54) is 64.7 Å². The maximum absolute atomic E-state index is 6.80. The SMILES string of the molecule is C1=CC2Sc3cc(-c4c5c(cc6c4c4ccc(N(c7ccccc7)c7ccc8c9ccccc9c9ccccc9c8c7)cc4n6-c4ccccc4)oc4ccccc45)ccc3C2C=C1. The number of rotatable bonds is 5. The maximum Gasteiger partial charge on any atom is 0.138 e. The number of hydrogen-bond donors (Lipinski definition) is 0. The van der Waals surface area contributed by atoms with Crippen LogP contribution < -0.4 is 4.90 Å². The number of nitrogens with zero attached hydrogens (tertiary/aromatic N) is 2. The van der Waals surface area contributed by atoms with Gasteiger partial charge in [-0.1, -0.05) is 152 Å². The Balaban J connectivity index is 1.06. The van der Waals surface area contributed by atoms with Gasteiger partial charge in [-0.3, -0.25) is 0 Å². The Morgan fingerprint density at radius 3 is 1.83 bits per heavy atom. The van der Waals surface area contributed by atoms with E-state index in [1.807, 2.05) is 11.8 Å². The Morgan fingerprint density at radius 1 is 0.438 bits per heavy atom. The fraction of sp³-hybridized carbons (Fsp3) is 0.0333. The minimum Gasteiger partial charge on any atom is -0.456 e. The van der Waals surface area contributed by atoms with Crippen molar-refractivity contribution in [2.45, 2.75) is 16.1 Å². The van der Waals surface area contributed by atoms with Crippen molar-refractivity contribution in [1.29, 1.82) is 0 Å². The van der Waals surface area contributed by atoms with Gasteiger partial charge in [0.15, 0.2) is 0 Å². The van der Waals surface area contributed by atoms with Gasteiger partial charge in [0.2, 0.25) is 0 Å². The normalized spacial score (nSPS) is 15.6. The van der Waals surface area contributed by atoms with Crippen LogP contribution in [0.3, 0.4) is 0 Å². The van der Waals surface area contributed by atoms with Gasteiger partial charge in [0.25, 0.3) is 0 Å². The zero-order chi connectivity index (χ0) is 41.9. The molecule has 0 saturated heterocycles. The van der Waals surface area contributed by atoms with Gasteiger partial charge in [-0.2, -0.15) is 0 Å². The van der Waals surface area contributed by atoms with Crippen LogP contribution in [0.5, 0.6) is 0 Å². The molecule has 2 atom stereocenters. The van der Waals surface area contributed by atoms with Crippen molar-refractivity contribution >= 4 is 105 Å². The van der Waals surface area contributed by atoms with E-state index in [-0.39, 0.29) is 0 Å². The third-order valence-electron chi connectivity index (χ3n) is 13.7. The second-order valence-corrected chi connectivity index (χ2v) is 18.3. The van der Waals surface area contributed by atoms with Crippen LogP contribution in [0.4, 0.5) is 17.1 Å². The van der Waals surface area contributed by atoms with E-state index in [2.05, 4.69) is 228 Å². The highest BCUT2D eigenvalue weighted by Gasteiger charge is 2.32. The van der Waals surface area contributed by atoms with Crippen LogP contribution in [-0.2, 0) is 0 Å². The summed E-state index contributed by atoms with van der Waals surface area (Å²) in [6.07, 6.45) is 9.10. The average Bonchev–Trinajstić information content (AvgIpc) is 4.03. The molecule has 2 aliphatic rings. The molecule has 3 nitrogen and oxygen atoms in total. The Kier molecular flexibility index (Phi) is 7.74. The number of thioether (sulfide) groups is 1. The second-order valence-electron chi connectivity index (χ2n) is 17.1. The van der Waals surface area contributed by atoms with E-state index in [1.54, 1.807) is 0 Å². The van der Waals surface area contributed by atoms with Gasteiger partial charge >= 0.3 is 0 Å². The Hall–Kier alpha value is -7.79. The number of benzene rings is 10. The maximum atomic E-state index is 6.80. The zero-order valence-electron chi connectivity index (χ0n) is 34.7. The molecule has 14 rings (SSSR count). The number of anilines is 3. The summed E-state index contributed by atoms with van der Waals surface area (Å²) in [5, 5.41) is 12.7. The Morgan fingerprint density at radius 2 is 1.06 bits per heavy atom. The van der Waals surface area contributed by atoms with E-state index < -0.39 is 0 Å². The van der Waals surface area contributed by atoms with Crippen LogP contribution in [-0.4, -0.2) is 9.82 Å². The molecule has 0 bridgehead atoms. The van der Waals surface area contributed by atoms with Crippen molar-refractivity contribution in [1.82, 2.24) is 4.57 Å². The first-order chi connectivity index (χ1) is 31.7. The van der Waals surface area contributed by atoms with Gasteiger partial charge in [-0.05, 0) is 104 Å². The molecule has 10 aromatic carbocycles. The minimum absolute atomic E-state index is 0.399. The molecule has 0 fully saturated rings. The number of aromatic nitrogens is 1. The van der Waals surface area contributed by atoms with Crippen molar-refractivity contribution in [3.8, 4) is 16.8 Å². The summed E-state index contributed by atoms with van der Waals surface area (Å²) in [5.41, 5.74) is 12.2. The average molecular weight is 835 g/mol. The number of furan rings is 1. The van der Waals surface area contributed by atoms with Crippen molar-refractivity contribution in [2.75, 3.05) is 4.90 Å². The molecule has 1 aliphatic carbocycles. The number of hydrogen-bond acceptors (Lipinski definition) is 3. The standard InChI is InChI=1S/C60H38N2OS/c1-3-15-38(16-4-1)61(40-28-31-46-44-21-8-7-19-42(44)43-20-9-10-22-45(43)51(46)34-40)41-29-32-49-52(35-41)62(39-17-5-2-6-18-39)53-36-55-60(50-24-11-13-25-54(50)63-55)58(59(49)53)37-27-30-48-47-23-12-14-26-56(47)64-57(48)33-37/h1-36,47,56H. The van der Waals surface area contributed by atoms with E-state index in [0.29, 0.717) is 11.2 Å². The second kappa shape index (κ2) is 13.9. The predicted octanol–water partition coefficient (Wildman–Crippen LogP) is 17.0. The van der Waals surface area contributed by atoms with Crippen LogP contribution in [0, 0.1) is 0 Å². The number of para-hydroxylation sites is 3. The summed E-state index contributed by atoms with van der Waals surface area (Å²) in [6, 6.07) is 71.2. The first-order valence-electron chi connectivity index (χ1n) is 22.1. The molecule has 0 amide bonds. The highest BCUT2D eigenvalue weighted by Crippen LogP contribution is 2.52.